The third-order valence-electron chi connectivity index (χ3n) is 2.55. The van der Waals surface area contributed by atoms with Gasteiger partial charge >= 0.3 is 0 Å². The molecule has 1 fully saturated rings. The number of hydrazine groups is 1. The van der Waals surface area contributed by atoms with Gasteiger partial charge in [-0.1, -0.05) is 11.6 Å². The van der Waals surface area contributed by atoms with Crippen LogP contribution >= 0.6 is 11.6 Å². The molecular weight excluding hydrogens is 228 g/mol. The van der Waals surface area contributed by atoms with Crippen molar-refractivity contribution in [2.45, 2.75) is 6.42 Å². The molecule has 0 saturated carbocycles. The summed E-state index contributed by atoms with van der Waals surface area (Å²) in [6.45, 7) is 0.956. The Kier molecular flexibility index (Phi) is 3.31. The Morgan fingerprint density at radius 3 is 2.62 bits per heavy atom. The number of rotatable bonds is 3. The quantitative estimate of drug-likeness (QED) is 0.866. The van der Waals surface area contributed by atoms with Gasteiger partial charge in [0, 0.05) is 18.0 Å². The maximum Gasteiger partial charge on any atom is 0.243 e. The molecular formula is C11H13ClN2O2. The molecule has 1 aromatic rings. The van der Waals surface area contributed by atoms with Gasteiger partial charge in [-0.25, -0.2) is 0 Å². The SMILES string of the molecule is O=C1CCN(c2ccc(Cl)cc2)N1CCO. The summed E-state index contributed by atoms with van der Waals surface area (Å²) in [4.78, 5) is 11.6. The predicted molar refractivity (Wildman–Crippen MR) is 62.2 cm³/mol. The Morgan fingerprint density at radius 1 is 1.31 bits per heavy atom. The number of hydrogen-bond donors (Lipinski definition) is 1. The van der Waals surface area contributed by atoms with Gasteiger partial charge in [0.05, 0.1) is 18.8 Å². The summed E-state index contributed by atoms with van der Waals surface area (Å²) in [5, 5.41) is 13.0. The van der Waals surface area contributed by atoms with E-state index in [-0.39, 0.29) is 12.5 Å². The van der Waals surface area contributed by atoms with Gasteiger partial charge in [-0.3, -0.25) is 14.8 Å². The lowest BCUT2D eigenvalue weighted by Gasteiger charge is -2.29. The molecule has 4 nitrogen and oxygen atoms in total. The van der Waals surface area contributed by atoms with E-state index in [4.69, 9.17) is 16.7 Å². The molecule has 0 atom stereocenters. The van der Waals surface area contributed by atoms with E-state index < -0.39 is 0 Å². The van der Waals surface area contributed by atoms with E-state index in [2.05, 4.69) is 0 Å². The summed E-state index contributed by atoms with van der Waals surface area (Å²) in [5.41, 5.74) is 0.920. The van der Waals surface area contributed by atoms with Crippen LogP contribution in [0.2, 0.25) is 5.02 Å². The molecule has 1 heterocycles. The van der Waals surface area contributed by atoms with Crippen molar-refractivity contribution in [3.8, 4) is 0 Å². The molecule has 0 spiro atoms. The van der Waals surface area contributed by atoms with Crippen LogP contribution in [0.4, 0.5) is 5.69 Å². The van der Waals surface area contributed by atoms with Crippen LogP contribution < -0.4 is 5.01 Å². The van der Waals surface area contributed by atoms with Gasteiger partial charge < -0.3 is 5.11 Å². The van der Waals surface area contributed by atoms with E-state index in [1.165, 1.54) is 0 Å². The van der Waals surface area contributed by atoms with Crippen molar-refractivity contribution in [3.63, 3.8) is 0 Å². The highest BCUT2D eigenvalue weighted by atomic mass is 35.5. The second-order valence-electron chi connectivity index (χ2n) is 3.59. The fourth-order valence-corrected chi connectivity index (χ4v) is 1.93. The van der Waals surface area contributed by atoms with Gasteiger partial charge in [-0.2, -0.15) is 0 Å². The minimum absolute atomic E-state index is 0.0319. The summed E-state index contributed by atoms with van der Waals surface area (Å²) in [7, 11) is 0. The molecule has 0 aromatic heterocycles. The monoisotopic (exact) mass is 240 g/mol. The molecule has 0 radical (unpaired) electrons. The zero-order valence-electron chi connectivity index (χ0n) is 8.77. The average Bonchev–Trinajstić information content (AvgIpc) is 2.63. The van der Waals surface area contributed by atoms with Crippen LogP contribution in [0.25, 0.3) is 0 Å². The first-order valence-corrected chi connectivity index (χ1v) is 5.54. The van der Waals surface area contributed by atoms with Crippen LogP contribution in [0.3, 0.4) is 0 Å². The zero-order valence-corrected chi connectivity index (χ0v) is 9.52. The van der Waals surface area contributed by atoms with Crippen LogP contribution in [0.1, 0.15) is 6.42 Å². The number of aliphatic hydroxyl groups is 1. The largest absolute Gasteiger partial charge is 0.394 e. The van der Waals surface area contributed by atoms with Crippen LogP contribution in [0.15, 0.2) is 24.3 Å². The number of nitrogens with zero attached hydrogens (tertiary/aromatic N) is 2. The van der Waals surface area contributed by atoms with Crippen LogP contribution in [0.5, 0.6) is 0 Å². The number of benzene rings is 1. The zero-order chi connectivity index (χ0) is 11.5. The minimum atomic E-state index is -0.0319. The topological polar surface area (TPSA) is 43.8 Å². The van der Waals surface area contributed by atoms with Gasteiger partial charge in [0.2, 0.25) is 5.91 Å². The second-order valence-corrected chi connectivity index (χ2v) is 4.03. The van der Waals surface area contributed by atoms with Gasteiger partial charge in [-0.05, 0) is 24.3 Å². The average molecular weight is 241 g/mol. The van der Waals surface area contributed by atoms with Gasteiger partial charge in [0.1, 0.15) is 0 Å². The Bertz CT molecular complexity index is 380. The lowest BCUT2D eigenvalue weighted by molar-refractivity contribution is -0.128. The minimum Gasteiger partial charge on any atom is -0.394 e. The molecule has 1 aromatic carbocycles. The smallest absolute Gasteiger partial charge is 0.243 e. The number of β-amino-alcohol motifs (C(OH)–C–C–N with tert-alkyl or cyclic N) is 1. The first-order chi connectivity index (χ1) is 7.72. The highest BCUT2D eigenvalue weighted by Crippen LogP contribution is 2.23. The highest BCUT2D eigenvalue weighted by Gasteiger charge is 2.28. The molecule has 5 heteroatoms. The molecule has 0 unspecified atom stereocenters. The van der Waals surface area contributed by atoms with Gasteiger partial charge in [-0.15, -0.1) is 0 Å². The maximum atomic E-state index is 11.6. The third kappa shape index (κ3) is 2.13. The number of halogens is 1. The van der Waals surface area contributed by atoms with Crippen molar-refractivity contribution in [3.05, 3.63) is 29.3 Å². The van der Waals surface area contributed by atoms with E-state index in [1.807, 2.05) is 17.1 Å². The van der Waals surface area contributed by atoms with Crippen molar-refractivity contribution >= 4 is 23.2 Å². The number of carbonyl (C=O) groups excluding carboxylic acids is 1. The first kappa shape index (κ1) is 11.2. The third-order valence-corrected chi connectivity index (χ3v) is 2.81. The Labute approximate surface area is 99.0 Å². The van der Waals surface area contributed by atoms with Crippen LogP contribution in [-0.2, 0) is 4.79 Å². The van der Waals surface area contributed by atoms with Crippen molar-refractivity contribution in [2.75, 3.05) is 24.7 Å². The van der Waals surface area contributed by atoms with Gasteiger partial charge in [0.25, 0.3) is 0 Å². The summed E-state index contributed by atoms with van der Waals surface area (Å²) < 4.78 is 0. The Balaban J connectivity index is 2.19. The van der Waals surface area contributed by atoms with E-state index in [9.17, 15) is 4.79 Å². The van der Waals surface area contributed by atoms with E-state index in [1.54, 1.807) is 17.1 Å². The molecule has 1 saturated heterocycles. The molecule has 86 valence electrons. The van der Waals surface area contributed by atoms with Gasteiger partial charge in [0.15, 0.2) is 0 Å². The molecule has 0 bridgehead atoms. The Morgan fingerprint density at radius 2 is 2.00 bits per heavy atom. The molecule has 2 rings (SSSR count). The molecule has 1 amide bonds. The van der Waals surface area contributed by atoms with Crippen molar-refractivity contribution < 1.29 is 9.90 Å². The number of anilines is 1. The van der Waals surface area contributed by atoms with Crippen LogP contribution in [-0.4, -0.2) is 35.7 Å². The first-order valence-electron chi connectivity index (χ1n) is 5.16. The molecule has 1 aliphatic heterocycles. The highest BCUT2D eigenvalue weighted by molar-refractivity contribution is 6.30. The molecule has 0 aliphatic carbocycles. The predicted octanol–water partition coefficient (Wildman–Crippen LogP) is 1.29. The van der Waals surface area contributed by atoms with Crippen molar-refractivity contribution in [1.29, 1.82) is 0 Å². The van der Waals surface area contributed by atoms with E-state index in [0.717, 1.165) is 5.69 Å². The summed E-state index contributed by atoms with van der Waals surface area (Å²) in [6.07, 6.45) is 0.489. The fraction of sp³-hybridized carbons (Fsp3) is 0.364. The van der Waals surface area contributed by atoms with Crippen molar-refractivity contribution in [1.82, 2.24) is 5.01 Å². The lowest BCUT2D eigenvalue weighted by atomic mass is 10.3. The van der Waals surface area contributed by atoms with Crippen LogP contribution in [0, 0.1) is 0 Å². The summed E-state index contributed by atoms with van der Waals surface area (Å²) in [5.74, 6) is 0.0454. The second kappa shape index (κ2) is 4.72. The van der Waals surface area contributed by atoms with E-state index >= 15 is 0 Å². The molecule has 16 heavy (non-hydrogen) atoms. The normalized spacial score (nSPS) is 16.0. The fourth-order valence-electron chi connectivity index (χ4n) is 1.81. The number of carbonyl (C=O) groups is 1. The standard InChI is InChI=1S/C11H13ClN2O2/c12-9-1-3-10(4-2-9)13-6-5-11(16)14(13)7-8-15/h1-4,15H,5-8H2. The Hall–Kier alpha value is -1.26. The summed E-state index contributed by atoms with van der Waals surface area (Å²) in [6, 6.07) is 7.31. The molecule has 1 N–H and O–H groups in total. The van der Waals surface area contributed by atoms with Crippen molar-refractivity contribution in [2.24, 2.45) is 0 Å². The number of amides is 1. The number of hydrogen-bond acceptors (Lipinski definition) is 3. The lowest BCUT2D eigenvalue weighted by Crippen LogP contribution is -2.40. The number of aliphatic hydroxyl groups excluding tert-OH is 1. The molecule has 1 aliphatic rings. The van der Waals surface area contributed by atoms with E-state index in [0.29, 0.717) is 24.5 Å². The maximum absolute atomic E-state index is 11.6. The summed E-state index contributed by atoms with van der Waals surface area (Å²) >= 11 is 5.81.